The van der Waals surface area contributed by atoms with Crippen LogP contribution in [0, 0.1) is 0 Å². The highest BCUT2D eigenvalue weighted by atomic mass is 16.6. The predicted octanol–water partition coefficient (Wildman–Crippen LogP) is 3.03. The molecule has 0 saturated carbocycles. The molecule has 2 rings (SSSR count). The molecule has 144 valence electrons. The first-order valence-corrected chi connectivity index (χ1v) is 8.35. The van der Waals surface area contributed by atoms with Crippen LogP contribution in [0.2, 0.25) is 0 Å². The summed E-state index contributed by atoms with van der Waals surface area (Å²) in [7, 11) is 0. The minimum Gasteiger partial charge on any atom is -0.507 e. The number of rotatable bonds is 6. The van der Waals surface area contributed by atoms with Crippen LogP contribution in [0.4, 0.5) is 0 Å². The van der Waals surface area contributed by atoms with E-state index >= 15 is 0 Å². The Hall–Kier alpha value is -3.09. The highest BCUT2D eigenvalue weighted by Crippen LogP contribution is 2.44. The van der Waals surface area contributed by atoms with Crippen molar-refractivity contribution in [3.8, 4) is 11.5 Å². The van der Waals surface area contributed by atoms with E-state index in [2.05, 4.69) is 6.58 Å². The van der Waals surface area contributed by atoms with E-state index in [9.17, 15) is 19.5 Å². The summed E-state index contributed by atoms with van der Waals surface area (Å²) in [5.74, 6) is -1.35. The van der Waals surface area contributed by atoms with Crippen molar-refractivity contribution in [3.05, 3.63) is 47.1 Å². The second-order valence-corrected chi connectivity index (χ2v) is 6.24. The zero-order valence-corrected chi connectivity index (χ0v) is 15.7. The van der Waals surface area contributed by atoms with E-state index in [4.69, 9.17) is 14.2 Å². The number of fused-ring (bicyclic) bond motifs is 1. The maximum absolute atomic E-state index is 12.3. The molecule has 0 bridgehead atoms. The topological polar surface area (TPSA) is 99.1 Å². The Morgan fingerprint density at radius 3 is 2.48 bits per heavy atom. The Labute approximate surface area is 157 Å². The minimum atomic E-state index is -0.899. The number of aromatic hydroxyl groups is 1. The Balaban J connectivity index is 2.42. The van der Waals surface area contributed by atoms with Crippen LogP contribution in [0.15, 0.2) is 35.9 Å². The second-order valence-electron chi connectivity index (χ2n) is 6.24. The maximum atomic E-state index is 12.3. The molecule has 2 atom stereocenters. The minimum absolute atomic E-state index is 0.0902. The van der Waals surface area contributed by atoms with Gasteiger partial charge in [-0.3, -0.25) is 9.59 Å². The first-order valence-electron chi connectivity index (χ1n) is 8.35. The van der Waals surface area contributed by atoms with Gasteiger partial charge >= 0.3 is 11.9 Å². The van der Waals surface area contributed by atoms with Gasteiger partial charge in [0.25, 0.3) is 0 Å². The number of phenols is 1. The summed E-state index contributed by atoms with van der Waals surface area (Å²) < 4.78 is 16.3. The van der Waals surface area contributed by atoms with Crippen molar-refractivity contribution in [1.29, 1.82) is 0 Å². The third kappa shape index (κ3) is 4.36. The van der Waals surface area contributed by atoms with Gasteiger partial charge in [0.15, 0.2) is 18.0 Å². The van der Waals surface area contributed by atoms with Gasteiger partial charge in [0.2, 0.25) is 0 Å². The molecule has 27 heavy (non-hydrogen) atoms. The van der Waals surface area contributed by atoms with Gasteiger partial charge in [0.05, 0.1) is 5.56 Å². The van der Waals surface area contributed by atoms with Crippen LogP contribution in [0.1, 0.15) is 49.7 Å². The van der Waals surface area contributed by atoms with Crippen molar-refractivity contribution in [2.24, 2.45) is 0 Å². The Kier molecular flexibility index (Phi) is 6.05. The molecule has 7 heteroatoms. The number of hydrogen-bond acceptors (Lipinski definition) is 7. The van der Waals surface area contributed by atoms with Crippen molar-refractivity contribution in [2.45, 2.75) is 39.9 Å². The van der Waals surface area contributed by atoms with E-state index in [1.165, 1.54) is 26.0 Å². The largest absolute Gasteiger partial charge is 0.507 e. The molecule has 0 amide bonds. The number of phenolic OH excluding ortho intramolecular Hbond substituents is 1. The van der Waals surface area contributed by atoms with E-state index in [-0.39, 0.29) is 29.5 Å². The molecule has 1 aliphatic rings. The Morgan fingerprint density at radius 1 is 1.26 bits per heavy atom. The van der Waals surface area contributed by atoms with Crippen LogP contribution < -0.4 is 4.74 Å². The third-order valence-corrected chi connectivity index (χ3v) is 4.20. The lowest BCUT2D eigenvalue weighted by Crippen LogP contribution is -2.28. The lowest BCUT2D eigenvalue weighted by atomic mass is 9.98. The Morgan fingerprint density at radius 2 is 1.93 bits per heavy atom. The van der Waals surface area contributed by atoms with Gasteiger partial charge in [0, 0.05) is 29.7 Å². The van der Waals surface area contributed by atoms with Gasteiger partial charge in [-0.2, -0.15) is 0 Å². The molecule has 0 aliphatic carbocycles. The van der Waals surface area contributed by atoms with E-state index in [1.807, 2.05) is 0 Å². The van der Waals surface area contributed by atoms with Gasteiger partial charge < -0.3 is 19.3 Å². The summed E-state index contributed by atoms with van der Waals surface area (Å²) in [6.07, 6.45) is -0.113. The number of benzene rings is 1. The molecule has 0 fully saturated rings. The number of ketones is 1. The summed E-state index contributed by atoms with van der Waals surface area (Å²) in [6.45, 7) is 9.64. The number of carbonyl (C=O) groups excluding carboxylic acids is 3. The van der Waals surface area contributed by atoms with E-state index in [0.29, 0.717) is 16.7 Å². The summed E-state index contributed by atoms with van der Waals surface area (Å²) >= 11 is 0. The molecule has 1 N–H and O–H groups in total. The molecular weight excluding hydrogens is 352 g/mol. The second kappa shape index (κ2) is 8.07. The van der Waals surface area contributed by atoms with Crippen molar-refractivity contribution >= 4 is 17.7 Å². The standard InChI is InChI=1S/C20H22O7/c1-6-10(2)20(24)27-19-15-7-14(12(4)21)16(23)8-17(15)26-18(19)11(3)9-25-13(5)22/h6-8,18-19,23H,3,9H2,1-2,4-5H3/b10-6-/t18-,19-/m1/s1. The van der Waals surface area contributed by atoms with Crippen LogP contribution in [0.3, 0.4) is 0 Å². The molecule has 7 nitrogen and oxygen atoms in total. The van der Waals surface area contributed by atoms with Crippen LogP contribution >= 0.6 is 0 Å². The normalized spacial score (nSPS) is 18.3. The zero-order chi connectivity index (χ0) is 20.3. The molecule has 0 aromatic heterocycles. The lowest BCUT2D eigenvalue weighted by molar-refractivity contribution is -0.148. The maximum Gasteiger partial charge on any atom is 0.334 e. The fourth-order valence-electron chi connectivity index (χ4n) is 2.58. The van der Waals surface area contributed by atoms with Crippen molar-refractivity contribution in [1.82, 2.24) is 0 Å². The van der Waals surface area contributed by atoms with Gasteiger partial charge in [-0.05, 0) is 26.8 Å². The number of carbonyl (C=O) groups is 3. The first kappa shape index (κ1) is 20.2. The van der Waals surface area contributed by atoms with Gasteiger partial charge in [-0.15, -0.1) is 0 Å². The molecule has 1 heterocycles. The van der Waals surface area contributed by atoms with Crippen molar-refractivity contribution in [2.75, 3.05) is 6.61 Å². The van der Waals surface area contributed by atoms with Gasteiger partial charge in [-0.1, -0.05) is 12.7 Å². The highest BCUT2D eigenvalue weighted by Gasteiger charge is 2.40. The fourth-order valence-corrected chi connectivity index (χ4v) is 2.58. The predicted molar refractivity (Wildman–Crippen MR) is 96.6 cm³/mol. The molecule has 1 aromatic rings. The molecule has 1 aliphatic heterocycles. The van der Waals surface area contributed by atoms with Crippen molar-refractivity contribution in [3.63, 3.8) is 0 Å². The van der Waals surface area contributed by atoms with E-state index < -0.39 is 24.1 Å². The summed E-state index contributed by atoms with van der Waals surface area (Å²) in [5.41, 5.74) is 1.30. The van der Waals surface area contributed by atoms with Crippen molar-refractivity contribution < 1.29 is 33.7 Å². The smallest absolute Gasteiger partial charge is 0.334 e. The monoisotopic (exact) mass is 374 g/mol. The molecule has 0 saturated heterocycles. The SMILES string of the molecule is C=C(COC(C)=O)[C@H]1Oc2cc(O)c(C(C)=O)cc2[C@H]1OC(=O)/C(C)=C\C. The number of Topliss-reactive ketones (excluding diaryl/α,β-unsaturated/α-hetero) is 1. The van der Waals surface area contributed by atoms with Gasteiger partial charge in [0.1, 0.15) is 18.1 Å². The average Bonchev–Trinajstić information content (AvgIpc) is 2.95. The third-order valence-electron chi connectivity index (χ3n) is 4.20. The fraction of sp³-hybridized carbons (Fsp3) is 0.350. The number of hydrogen-bond donors (Lipinski definition) is 1. The van der Waals surface area contributed by atoms with Crippen LogP contribution in [-0.4, -0.2) is 35.5 Å². The summed E-state index contributed by atoms with van der Waals surface area (Å²) in [6, 6.07) is 2.74. The average molecular weight is 374 g/mol. The quantitative estimate of drug-likeness (QED) is 0.354. The summed E-state index contributed by atoms with van der Waals surface area (Å²) in [5, 5.41) is 10.0. The molecule has 0 radical (unpaired) electrons. The molecule has 1 aromatic carbocycles. The molecular formula is C20H22O7. The summed E-state index contributed by atoms with van der Waals surface area (Å²) in [4.78, 5) is 35.1. The number of ether oxygens (including phenoxy) is 3. The Bertz CT molecular complexity index is 835. The highest BCUT2D eigenvalue weighted by molar-refractivity contribution is 5.97. The van der Waals surface area contributed by atoms with Crippen LogP contribution in [-0.2, 0) is 19.1 Å². The molecule has 0 spiro atoms. The number of esters is 2. The molecule has 0 unspecified atom stereocenters. The van der Waals surface area contributed by atoms with E-state index in [1.54, 1.807) is 19.9 Å². The van der Waals surface area contributed by atoms with Crippen LogP contribution in [0.5, 0.6) is 11.5 Å². The van der Waals surface area contributed by atoms with Gasteiger partial charge in [-0.25, -0.2) is 4.79 Å². The first-order chi connectivity index (χ1) is 12.6. The number of allylic oxidation sites excluding steroid dienone is 1. The lowest BCUT2D eigenvalue weighted by Gasteiger charge is -2.21. The zero-order valence-electron chi connectivity index (χ0n) is 15.7. The van der Waals surface area contributed by atoms with E-state index in [0.717, 1.165) is 0 Å². The van der Waals surface area contributed by atoms with Crippen LogP contribution in [0.25, 0.3) is 0 Å².